The molecule has 2 aromatic rings. The van der Waals surface area contributed by atoms with Crippen LogP contribution in [0.2, 0.25) is 5.02 Å². The summed E-state index contributed by atoms with van der Waals surface area (Å²) in [4.78, 5) is 20.9. The average Bonchev–Trinajstić information content (AvgIpc) is 3.01. The first-order chi connectivity index (χ1) is 9.22. The van der Waals surface area contributed by atoms with Gasteiger partial charge in [-0.3, -0.25) is 4.98 Å². The highest BCUT2D eigenvalue weighted by Gasteiger charge is 2.25. The molecule has 0 unspecified atom stereocenters. The second kappa shape index (κ2) is 4.95. The van der Waals surface area contributed by atoms with E-state index in [0.717, 1.165) is 4.88 Å². The molecule has 1 aliphatic rings. The van der Waals surface area contributed by atoms with Crippen LogP contribution in [0.25, 0.3) is 6.08 Å². The second-order valence-corrected chi connectivity index (χ2v) is 5.13. The number of thiophene rings is 1. The Morgan fingerprint density at radius 2 is 2.26 bits per heavy atom. The Kier molecular flexibility index (Phi) is 3.15. The van der Waals surface area contributed by atoms with Gasteiger partial charge in [0.2, 0.25) is 5.90 Å². The molecule has 3 heterocycles. The molecule has 0 bridgehead atoms. The third-order valence-electron chi connectivity index (χ3n) is 2.38. The van der Waals surface area contributed by atoms with Crippen molar-refractivity contribution >= 4 is 40.9 Å². The highest BCUT2D eigenvalue weighted by molar-refractivity contribution is 7.10. The van der Waals surface area contributed by atoms with Gasteiger partial charge in [0.1, 0.15) is 5.69 Å². The summed E-state index contributed by atoms with van der Waals surface area (Å²) >= 11 is 7.38. The van der Waals surface area contributed by atoms with Gasteiger partial charge in [0.05, 0.1) is 0 Å². The Morgan fingerprint density at radius 3 is 3.00 bits per heavy atom. The molecule has 0 atom stereocenters. The summed E-state index contributed by atoms with van der Waals surface area (Å²) in [5, 5.41) is 2.44. The standard InChI is InChI=1S/C13H7ClN2O2S/c14-8-3-4-15-10(6-8)12-16-11(13(17)18-12)7-9-2-1-5-19-9/h1-7H/b11-7-. The van der Waals surface area contributed by atoms with E-state index >= 15 is 0 Å². The number of pyridine rings is 1. The van der Waals surface area contributed by atoms with Crippen LogP contribution in [-0.4, -0.2) is 16.9 Å². The van der Waals surface area contributed by atoms with Crippen molar-refractivity contribution in [2.24, 2.45) is 4.99 Å². The number of halogens is 1. The van der Waals surface area contributed by atoms with Crippen molar-refractivity contribution in [3.63, 3.8) is 0 Å². The van der Waals surface area contributed by atoms with Gasteiger partial charge in [-0.05, 0) is 29.7 Å². The molecule has 0 amide bonds. The molecule has 0 saturated carbocycles. The summed E-state index contributed by atoms with van der Waals surface area (Å²) in [6, 6.07) is 7.04. The van der Waals surface area contributed by atoms with E-state index in [2.05, 4.69) is 9.98 Å². The topological polar surface area (TPSA) is 51.5 Å². The maximum Gasteiger partial charge on any atom is 0.363 e. The minimum absolute atomic E-state index is 0.176. The first kappa shape index (κ1) is 12.1. The average molecular weight is 291 g/mol. The van der Waals surface area contributed by atoms with Crippen LogP contribution in [-0.2, 0) is 9.53 Å². The lowest BCUT2D eigenvalue weighted by Gasteiger charge is -1.97. The van der Waals surface area contributed by atoms with Gasteiger partial charge in [0, 0.05) is 16.1 Å². The number of ether oxygens (including phenoxy) is 1. The van der Waals surface area contributed by atoms with Crippen molar-refractivity contribution in [1.29, 1.82) is 0 Å². The third kappa shape index (κ3) is 2.57. The molecule has 6 heteroatoms. The van der Waals surface area contributed by atoms with Crippen LogP contribution in [0, 0.1) is 0 Å². The zero-order valence-electron chi connectivity index (χ0n) is 9.54. The molecule has 94 valence electrons. The van der Waals surface area contributed by atoms with Gasteiger partial charge in [0.25, 0.3) is 0 Å². The highest BCUT2D eigenvalue weighted by atomic mass is 35.5. The number of hydrogen-bond acceptors (Lipinski definition) is 5. The molecule has 2 aromatic heterocycles. The van der Waals surface area contributed by atoms with Crippen molar-refractivity contribution < 1.29 is 9.53 Å². The molecule has 4 nitrogen and oxygen atoms in total. The Hall–Kier alpha value is -1.98. The zero-order chi connectivity index (χ0) is 13.2. The molecule has 0 radical (unpaired) electrons. The van der Waals surface area contributed by atoms with Crippen LogP contribution >= 0.6 is 22.9 Å². The lowest BCUT2D eigenvalue weighted by molar-refractivity contribution is -0.129. The number of aromatic nitrogens is 1. The first-order valence-corrected chi connectivity index (χ1v) is 6.66. The van der Waals surface area contributed by atoms with Gasteiger partial charge >= 0.3 is 5.97 Å². The van der Waals surface area contributed by atoms with Gasteiger partial charge in [-0.25, -0.2) is 9.79 Å². The molecule has 0 fully saturated rings. The van der Waals surface area contributed by atoms with Gasteiger partial charge in [-0.15, -0.1) is 11.3 Å². The molecule has 3 rings (SSSR count). The molecular weight excluding hydrogens is 284 g/mol. The largest absolute Gasteiger partial charge is 0.400 e. The van der Waals surface area contributed by atoms with E-state index in [9.17, 15) is 4.79 Å². The number of cyclic esters (lactones) is 1. The van der Waals surface area contributed by atoms with Crippen LogP contribution in [0.1, 0.15) is 10.6 Å². The maximum absolute atomic E-state index is 11.7. The summed E-state index contributed by atoms with van der Waals surface area (Å²) in [7, 11) is 0. The molecular formula is C13H7ClN2O2S. The van der Waals surface area contributed by atoms with Crippen LogP contribution in [0.15, 0.2) is 46.5 Å². The number of hydrogen-bond donors (Lipinski definition) is 0. The van der Waals surface area contributed by atoms with Crippen LogP contribution in [0.5, 0.6) is 0 Å². The van der Waals surface area contributed by atoms with Crippen LogP contribution in [0.3, 0.4) is 0 Å². The summed E-state index contributed by atoms with van der Waals surface area (Å²) in [5.41, 5.74) is 0.703. The van der Waals surface area contributed by atoms with E-state index < -0.39 is 5.97 Å². The van der Waals surface area contributed by atoms with E-state index in [1.165, 1.54) is 17.5 Å². The fourth-order valence-corrected chi connectivity index (χ4v) is 2.36. The fourth-order valence-electron chi connectivity index (χ4n) is 1.55. The lowest BCUT2D eigenvalue weighted by atomic mass is 10.3. The number of aliphatic imine (C=N–C) groups is 1. The third-order valence-corrected chi connectivity index (χ3v) is 3.44. The number of esters is 1. The molecule has 19 heavy (non-hydrogen) atoms. The van der Waals surface area contributed by atoms with E-state index in [1.54, 1.807) is 18.2 Å². The van der Waals surface area contributed by atoms with E-state index in [-0.39, 0.29) is 11.6 Å². The normalized spacial score (nSPS) is 16.6. The lowest BCUT2D eigenvalue weighted by Crippen LogP contribution is -2.06. The van der Waals surface area contributed by atoms with Gasteiger partial charge in [-0.2, -0.15) is 0 Å². The quantitative estimate of drug-likeness (QED) is 0.631. The van der Waals surface area contributed by atoms with Crippen molar-refractivity contribution in [3.8, 4) is 0 Å². The van der Waals surface area contributed by atoms with Crippen molar-refractivity contribution in [2.45, 2.75) is 0 Å². The smallest absolute Gasteiger partial charge is 0.363 e. The summed E-state index contributed by atoms with van der Waals surface area (Å²) in [5.74, 6) is -0.305. The van der Waals surface area contributed by atoms with E-state index in [4.69, 9.17) is 16.3 Å². The zero-order valence-corrected chi connectivity index (χ0v) is 11.1. The van der Waals surface area contributed by atoms with Gasteiger partial charge < -0.3 is 4.74 Å². The van der Waals surface area contributed by atoms with Gasteiger partial charge in [0.15, 0.2) is 5.70 Å². The minimum Gasteiger partial charge on any atom is -0.400 e. The molecule has 1 aliphatic heterocycles. The SMILES string of the molecule is O=C1OC(c2cc(Cl)ccn2)=N/C1=C\c1cccs1. The van der Waals surface area contributed by atoms with Crippen LogP contribution in [0.4, 0.5) is 0 Å². The Labute approximate surface area is 118 Å². The predicted octanol–water partition coefficient (Wildman–Crippen LogP) is 3.14. The Bertz CT molecular complexity index is 692. The number of rotatable bonds is 2. The first-order valence-electron chi connectivity index (χ1n) is 5.40. The summed E-state index contributed by atoms with van der Waals surface area (Å²) in [6.45, 7) is 0. The van der Waals surface area contributed by atoms with Crippen LogP contribution < -0.4 is 0 Å². The van der Waals surface area contributed by atoms with E-state index in [1.807, 2.05) is 17.5 Å². The van der Waals surface area contributed by atoms with Crippen molar-refractivity contribution in [2.75, 3.05) is 0 Å². The fraction of sp³-hybridized carbons (Fsp3) is 0. The monoisotopic (exact) mass is 290 g/mol. The number of carbonyl (C=O) groups is 1. The number of nitrogens with zero attached hydrogens (tertiary/aromatic N) is 2. The molecule has 0 N–H and O–H groups in total. The Morgan fingerprint density at radius 1 is 1.37 bits per heavy atom. The maximum atomic E-state index is 11.7. The Balaban J connectivity index is 1.95. The highest BCUT2D eigenvalue weighted by Crippen LogP contribution is 2.21. The molecule has 0 aliphatic carbocycles. The van der Waals surface area contributed by atoms with Crippen molar-refractivity contribution in [1.82, 2.24) is 4.98 Å². The molecule has 0 spiro atoms. The number of carbonyl (C=O) groups excluding carboxylic acids is 1. The summed E-state index contributed by atoms with van der Waals surface area (Å²) < 4.78 is 5.09. The molecule has 0 aromatic carbocycles. The molecule has 0 saturated heterocycles. The van der Waals surface area contributed by atoms with E-state index in [0.29, 0.717) is 10.7 Å². The second-order valence-electron chi connectivity index (χ2n) is 3.71. The van der Waals surface area contributed by atoms with Gasteiger partial charge in [-0.1, -0.05) is 17.7 Å². The minimum atomic E-state index is -0.481. The van der Waals surface area contributed by atoms with Crippen molar-refractivity contribution in [3.05, 3.63) is 57.1 Å². The predicted molar refractivity (Wildman–Crippen MR) is 74.2 cm³/mol. The summed E-state index contributed by atoms with van der Waals surface area (Å²) in [6.07, 6.45) is 3.22.